The van der Waals surface area contributed by atoms with E-state index in [1.165, 1.54) is 12.2 Å². The first-order valence-corrected chi connectivity index (χ1v) is 12.4. The maximum Gasteiger partial charge on any atom is 0.258 e. The van der Waals surface area contributed by atoms with Gasteiger partial charge in [0.25, 0.3) is 23.6 Å². The zero-order valence-corrected chi connectivity index (χ0v) is 21.7. The summed E-state index contributed by atoms with van der Waals surface area (Å²) in [6.07, 6.45) is 2.67. The Labute approximate surface area is 221 Å². The van der Waals surface area contributed by atoms with Crippen molar-refractivity contribution in [1.29, 1.82) is 0 Å². The summed E-state index contributed by atoms with van der Waals surface area (Å²) in [5.41, 5.74) is 6.02. The molecule has 2 aliphatic heterocycles. The Kier molecular flexibility index (Phi) is 5.98. The smallest absolute Gasteiger partial charge is 0.258 e. The SMILES string of the molecule is CC(C)(c1ccc(C2=CC(=O)NC2=O)cc1)c1cccc(C(C)(C)c2ccc(C3=CC(=O)NC3=O)cc2)c1. The highest BCUT2D eigenvalue weighted by molar-refractivity contribution is 6.34. The number of hydrogen-bond donors (Lipinski definition) is 2. The van der Waals surface area contributed by atoms with E-state index in [9.17, 15) is 19.2 Å². The van der Waals surface area contributed by atoms with Crippen molar-refractivity contribution in [2.45, 2.75) is 38.5 Å². The van der Waals surface area contributed by atoms with Crippen LogP contribution in [0.25, 0.3) is 11.1 Å². The van der Waals surface area contributed by atoms with E-state index in [-0.39, 0.29) is 34.5 Å². The van der Waals surface area contributed by atoms with Crippen LogP contribution in [0.4, 0.5) is 0 Å². The highest BCUT2D eigenvalue weighted by Gasteiger charge is 2.29. The summed E-state index contributed by atoms with van der Waals surface area (Å²) in [4.78, 5) is 47.1. The fourth-order valence-electron chi connectivity index (χ4n) is 5.02. The van der Waals surface area contributed by atoms with E-state index in [0.29, 0.717) is 22.3 Å². The Bertz CT molecular complexity index is 1440. The van der Waals surface area contributed by atoms with Gasteiger partial charge in [-0.05, 0) is 33.4 Å². The van der Waals surface area contributed by atoms with E-state index < -0.39 is 0 Å². The molecule has 0 aromatic heterocycles. The van der Waals surface area contributed by atoms with Gasteiger partial charge in [0.1, 0.15) is 0 Å². The normalized spacial score (nSPS) is 15.8. The first-order chi connectivity index (χ1) is 18.0. The van der Waals surface area contributed by atoms with Crippen LogP contribution in [-0.2, 0) is 30.0 Å². The molecule has 6 nitrogen and oxygen atoms in total. The second kappa shape index (κ2) is 9.06. The van der Waals surface area contributed by atoms with Gasteiger partial charge in [-0.1, -0.05) is 100 Å². The van der Waals surface area contributed by atoms with Crippen LogP contribution in [0.2, 0.25) is 0 Å². The van der Waals surface area contributed by atoms with Crippen molar-refractivity contribution in [3.8, 4) is 0 Å². The third-order valence-electron chi connectivity index (χ3n) is 7.65. The minimum absolute atomic E-state index is 0.314. The molecular formula is C32H28N2O4. The number of imide groups is 2. The number of amides is 4. The molecular weight excluding hydrogens is 476 g/mol. The minimum Gasteiger partial charge on any atom is -0.289 e. The topological polar surface area (TPSA) is 92.3 Å². The van der Waals surface area contributed by atoms with E-state index in [2.05, 4.69) is 62.6 Å². The molecule has 38 heavy (non-hydrogen) atoms. The summed E-state index contributed by atoms with van der Waals surface area (Å²) in [5.74, 6) is -1.53. The van der Waals surface area contributed by atoms with Crippen LogP contribution in [-0.4, -0.2) is 23.6 Å². The lowest BCUT2D eigenvalue weighted by atomic mass is 9.73. The number of rotatable bonds is 6. The lowest BCUT2D eigenvalue weighted by Gasteiger charge is -2.31. The van der Waals surface area contributed by atoms with Gasteiger partial charge in [0.2, 0.25) is 0 Å². The molecule has 5 rings (SSSR count). The van der Waals surface area contributed by atoms with Crippen molar-refractivity contribution >= 4 is 34.8 Å². The monoisotopic (exact) mass is 504 g/mol. The summed E-state index contributed by atoms with van der Waals surface area (Å²) in [6, 6.07) is 24.0. The second-order valence-electron chi connectivity index (χ2n) is 10.7. The molecule has 3 aromatic carbocycles. The predicted octanol–water partition coefficient (Wildman–Crippen LogP) is 4.42. The zero-order valence-electron chi connectivity index (χ0n) is 21.7. The molecule has 0 radical (unpaired) electrons. The Morgan fingerprint density at radius 1 is 0.500 bits per heavy atom. The van der Waals surface area contributed by atoms with Crippen LogP contribution < -0.4 is 10.6 Å². The number of benzene rings is 3. The standard InChI is InChI=1S/C32H28N2O4/c1-31(2,21-12-8-19(9-13-21)25-17-27(35)33-29(25)37)23-6-5-7-24(16-23)32(3,4)22-14-10-20(11-15-22)26-18-28(36)34-30(26)38/h5-18H,1-4H3,(H,33,35,37)(H,34,36,38). The maximum absolute atomic E-state index is 12.0. The molecule has 3 aromatic rings. The van der Waals surface area contributed by atoms with Crippen LogP contribution >= 0.6 is 0 Å². The van der Waals surface area contributed by atoms with Crippen LogP contribution in [0.5, 0.6) is 0 Å². The van der Waals surface area contributed by atoms with E-state index in [1.54, 1.807) is 0 Å². The molecule has 0 aliphatic carbocycles. The molecule has 0 bridgehead atoms. The molecule has 4 amide bonds. The third-order valence-corrected chi connectivity index (χ3v) is 7.65. The molecule has 2 N–H and O–H groups in total. The molecule has 0 saturated carbocycles. The summed E-state index contributed by atoms with van der Waals surface area (Å²) in [7, 11) is 0. The van der Waals surface area contributed by atoms with Gasteiger partial charge in [-0.15, -0.1) is 0 Å². The lowest BCUT2D eigenvalue weighted by Crippen LogP contribution is -2.23. The van der Waals surface area contributed by atoms with Crippen molar-refractivity contribution < 1.29 is 19.2 Å². The largest absolute Gasteiger partial charge is 0.289 e. The first kappa shape index (κ1) is 25.1. The first-order valence-electron chi connectivity index (χ1n) is 12.4. The molecule has 6 heteroatoms. The van der Waals surface area contributed by atoms with Crippen molar-refractivity contribution in [2.24, 2.45) is 0 Å². The molecule has 0 spiro atoms. The van der Waals surface area contributed by atoms with Gasteiger partial charge in [0, 0.05) is 23.0 Å². The van der Waals surface area contributed by atoms with Crippen LogP contribution in [0.15, 0.2) is 84.9 Å². The molecule has 0 atom stereocenters. The minimum atomic E-state index is -0.389. The summed E-state index contributed by atoms with van der Waals surface area (Å²) >= 11 is 0. The lowest BCUT2D eigenvalue weighted by molar-refractivity contribution is -0.124. The molecule has 0 unspecified atom stereocenters. The second-order valence-corrected chi connectivity index (χ2v) is 10.7. The van der Waals surface area contributed by atoms with Crippen LogP contribution in [0, 0.1) is 0 Å². The van der Waals surface area contributed by atoms with Gasteiger partial charge in [0.15, 0.2) is 0 Å². The fraction of sp³-hybridized carbons (Fsp3) is 0.188. The van der Waals surface area contributed by atoms with Crippen LogP contribution in [0.1, 0.15) is 61.1 Å². The number of carbonyl (C=O) groups is 4. The predicted molar refractivity (Wildman–Crippen MR) is 146 cm³/mol. The van der Waals surface area contributed by atoms with E-state index in [4.69, 9.17) is 0 Å². The Balaban J connectivity index is 1.42. The van der Waals surface area contributed by atoms with E-state index in [1.807, 2.05) is 48.5 Å². The van der Waals surface area contributed by atoms with Gasteiger partial charge in [0.05, 0.1) is 11.1 Å². The summed E-state index contributed by atoms with van der Waals surface area (Å²) < 4.78 is 0. The average molecular weight is 505 g/mol. The summed E-state index contributed by atoms with van der Waals surface area (Å²) in [6.45, 7) is 8.65. The Morgan fingerprint density at radius 3 is 1.18 bits per heavy atom. The van der Waals surface area contributed by atoms with E-state index in [0.717, 1.165) is 22.3 Å². The van der Waals surface area contributed by atoms with E-state index >= 15 is 0 Å². The maximum atomic E-state index is 12.0. The highest BCUT2D eigenvalue weighted by atomic mass is 16.2. The van der Waals surface area contributed by atoms with Crippen molar-refractivity contribution in [3.63, 3.8) is 0 Å². The van der Waals surface area contributed by atoms with Crippen molar-refractivity contribution in [1.82, 2.24) is 10.6 Å². The van der Waals surface area contributed by atoms with Gasteiger partial charge in [-0.3, -0.25) is 29.8 Å². The Morgan fingerprint density at radius 2 is 0.868 bits per heavy atom. The number of carbonyl (C=O) groups excluding carboxylic acids is 4. The molecule has 0 saturated heterocycles. The van der Waals surface area contributed by atoms with Crippen LogP contribution in [0.3, 0.4) is 0 Å². The molecule has 2 aliphatic rings. The highest BCUT2D eigenvalue weighted by Crippen LogP contribution is 2.37. The Hall–Kier alpha value is -4.58. The third kappa shape index (κ3) is 4.39. The van der Waals surface area contributed by atoms with Gasteiger partial charge in [-0.25, -0.2) is 0 Å². The number of hydrogen-bond acceptors (Lipinski definition) is 4. The molecule has 2 heterocycles. The zero-order chi connectivity index (χ0) is 27.2. The van der Waals surface area contributed by atoms with Crippen molar-refractivity contribution in [3.05, 3.63) is 118 Å². The number of nitrogens with one attached hydrogen (secondary N) is 2. The fourth-order valence-corrected chi connectivity index (χ4v) is 5.02. The summed E-state index contributed by atoms with van der Waals surface area (Å²) in [5, 5.41) is 4.57. The average Bonchev–Trinajstić information content (AvgIpc) is 3.43. The van der Waals surface area contributed by atoms with Crippen molar-refractivity contribution in [2.75, 3.05) is 0 Å². The van der Waals surface area contributed by atoms with Gasteiger partial charge in [-0.2, -0.15) is 0 Å². The van der Waals surface area contributed by atoms with Gasteiger partial charge >= 0.3 is 0 Å². The molecule has 190 valence electrons. The van der Waals surface area contributed by atoms with Gasteiger partial charge < -0.3 is 0 Å². The molecule has 0 fully saturated rings. The quantitative estimate of drug-likeness (QED) is 0.486.